The predicted octanol–water partition coefficient (Wildman–Crippen LogP) is 6.23. The number of unbranched alkanes of at least 4 members (excludes halogenated alkanes) is 1. The third kappa shape index (κ3) is 6.67. The molecule has 0 radical (unpaired) electrons. The SMILES string of the molecule is CCCCOc1ccc(C2C(=C(O)c3ccc(OCC)cc3)C(=O)C(=O)N2c2nc(C)c(C(=O)OCC)s2)cc1OCC. The quantitative estimate of drug-likeness (QED) is 0.0790. The maximum Gasteiger partial charge on any atom is 0.350 e. The van der Waals surface area contributed by atoms with Crippen LogP contribution in [0.5, 0.6) is 17.2 Å². The van der Waals surface area contributed by atoms with Crippen molar-refractivity contribution < 1.29 is 38.4 Å². The number of thiazole rings is 1. The zero-order valence-corrected chi connectivity index (χ0v) is 25.8. The molecular formula is C32H36N2O8S. The molecule has 4 rings (SSSR count). The number of amides is 1. The Balaban J connectivity index is 1.89. The number of aliphatic hydroxyl groups excluding tert-OH is 1. The van der Waals surface area contributed by atoms with Crippen LogP contribution in [-0.2, 0) is 14.3 Å². The Labute approximate surface area is 254 Å². The summed E-state index contributed by atoms with van der Waals surface area (Å²) in [5, 5.41) is 11.6. The number of benzene rings is 2. The number of ketones is 1. The van der Waals surface area contributed by atoms with Crippen molar-refractivity contribution >= 4 is 39.9 Å². The summed E-state index contributed by atoms with van der Waals surface area (Å²) in [6.45, 7) is 10.6. The Morgan fingerprint density at radius 3 is 2.33 bits per heavy atom. The van der Waals surface area contributed by atoms with E-state index in [4.69, 9.17) is 18.9 Å². The maximum atomic E-state index is 13.6. The highest BCUT2D eigenvalue weighted by molar-refractivity contribution is 7.17. The molecule has 228 valence electrons. The van der Waals surface area contributed by atoms with Gasteiger partial charge in [0.1, 0.15) is 16.4 Å². The van der Waals surface area contributed by atoms with Gasteiger partial charge in [-0.2, -0.15) is 0 Å². The van der Waals surface area contributed by atoms with Crippen molar-refractivity contribution in [1.82, 2.24) is 4.98 Å². The standard InChI is InChI=1S/C32H36N2O8S/c1-6-10-17-42-23-16-13-21(18-24(23)40-8-3)26-25(27(35)20-11-14-22(15-12-20)39-7-2)28(36)30(37)34(26)32-33-19(5)29(43-32)31(38)41-9-4/h11-16,18,26,35H,6-10,17H2,1-5H3. The van der Waals surface area contributed by atoms with E-state index >= 15 is 0 Å². The van der Waals surface area contributed by atoms with Gasteiger partial charge in [-0.15, -0.1) is 0 Å². The van der Waals surface area contributed by atoms with Crippen molar-refractivity contribution in [2.75, 3.05) is 31.3 Å². The van der Waals surface area contributed by atoms with Crippen LogP contribution in [0.15, 0.2) is 48.0 Å². The van der Waals surface area contributed by atoms with Crippen LogP contribution in [0.25, 0.3) is 5.76 Å². The first-order valence-corrected chi connectivity index (χ1v) is 15.1. The Morgan fingerprint density at radius 1 is 0.953 bits per heavy atom. The molecule has 2 aromatic carbocycles. The summed E-state index contributed by atoms with van der Waals surface area (Å²) in [5.74, 6) is -1.14. The smallest absolute Gasteiger partial charge is 0.350 e. The molecule has 43 heavy (non-hydrogen) atoms. The number of hydrogen-bond acceptors (Lipinski definition) is 10. The zero-order valence-electron chi connectivity index (χ0n) is 25.0. The molecule has 11 heteroatoms. The molecule has 1 aromatic heterocycles. The second kappa shape index (κ2) is 14.2. The fraction of sp³-hybridized carbons (Fsp3) is 0.375. The third-order valence-electron chi connectivity index (χ3n) is 6.67. The number of rotatable bonds is 13. The number of anilines is 1. The molecule has 10 nitrogen and oxygen atoms in total. The van der Waals surface area contributed by atoms with Gasteiger partial charge in [0.15, 0.2) is 16.6 Å². The lowest BCUT2D eigenvalue weighted by atomic mass is 9.95. The van der Waals surface area contributed by atoms with E-state index in [1.165, 1.54) is 4.90 Å². The van der Waals surface area contributed by atoms with E-state index in [0.29, 0.717) is 53.9 Å². The van der Waals surface area contributed by atoms with E-state index in [9.17, 15) is 19.5 Å². The molecule has 1 aliphatic heterocycles. The molecule has 0 bridgehead atoms. The summed E-state index contributed by atoms with van der Waals surface area (Å²) in [6.07, 6.45) is 1.82. The molecule has 0 aliphatic carbocycles. The van der Waals surface area contributed by atoms with Crippen LogP contribution in [0.1, 0.15) is 73.1 Å². The number of aliphatic hydroxyl groups is 1. The predicted molar refractivity (Wildman–Crippen MR) is 163 cm³/mol. The molecular weight excluding hydrogens is 572 g/mol. The lowest BCUT2D eigenvalue weighted by Gasteiger charge is -2.24. The number of hydrogen-bond donors (Lipinski definition) is 1. The summed E-state index contributed by atoms with van der Waals surface area (Å²) in [7, 11) is 0. The fourth-order valence-electron chi connectivity index (χ4n) is 4.66. The van der Waals surface area contributed by atoms with Gasteiger partial charge in [-0.3, -0.25) is 14.5 Å². The second-order valence-corrected chi connectivity index (χ2v) is 10.6. The van der Waals surface area contributed by atoms with Crippen LogP contribution in [0.3, 0.4) is 0 Å². The van der Waals surface area contributed by atoms with E-state index in [0.717, 1.165) is 24.2 Å². The number of aromatic nitrogens is 1. The molecule has 1 amide bonds. The molecule has 0 saturated carbocycles. The summed E-state index contributed by atoms with van der Waals surface area (Å²) < 4.78 is 22.5. The molecule has 1 unspecified atom stereocenters. The van der Waals surface area contributed by atoms with E-state index < -0.39 is 23.7 Å². The van der Waals surface area contributed by atoms with Crippen molar-refractivity contribution in [1.29, 1.82) is 0 Å². The van der Waals surface area contributed by atoms with E-state index in [1.807, 2.05) is 13.8 Å². The van der Waals surface area contributed by atoms with E-state index in [-0.39, 0.29) is 27.9 Å². The maximum absolute atomic E-state index is 13.6. The monoisotopic (exact) mass is 608 g/mol. The minimum absolute atomic E-state index is 0.123. The lowest BCUT2D eigenvalue weighted by molar-refractivity contribution is -0.132. The van der Waals surface area contributed by atoms with Gasteiger partial charge in [0.25, 0.3) is 5.78 Å². The van der Waals surface area contributed by atoms with Gasteiger partial charge in [0, 0.05) is 5.56 Å². The van der Waals surface area contributed by atoms with Crippen LogP contribution in [0.4, 0.5) is 5.13 Å². The van der Waals surface area contributed by atoms with E-state index in [2.05, 4.69) is 11.9 Å². The fourth-order valence-corrected chi connectivity index (χ4v) is 5.64. The van der Waals surface area contributed by atoms with Crippen molar-refractivity contribution in [3.05, 3.63) is 69.7 Å². The van der Waals surface area contributed by atoms with Crippen molar-refractivity contribution in [2.45, 2.75) is 53.5 Å². The lowest BCUT2D eigenvalue weighted by Crippen LogP contribution is -2.29. The first-order chi connectivity index (χ1) is 20.7. The minimum Gasteiger partial charge on any atom is -0.507 e. The Hall–Kier alpha value is -4.38. The van der Waals surface area contributed by atoms with Gasteiger partial charge in [0.05, 0.1) is 43.7 Å². The highest BCUT2D eigenvalue weighted by Crippen LogP contribution is 2.45. The Kier molecular flexibility index (Phi) is 10.4. The molecule has 1 N–H and O–H groups in total. The minimum atomic E-state index is -1.07. The normalized spacial score (nSPS) is 15.9. The van der Waals surface area contributed by atoms with Crippen LogP contribution in [-0.4, -0.2) is 54.2 Å². The second-order valence-electron chi connectivity index (χ2n) is 9.60. The molecule has 2 heterocycles. The van der Waals surface area contributed by atoms with Gasteiger partial charge >= 0.3 is 11.9 Å². The molecule has 0 spiro atoms. The van der Waals surface area contributed by atoms with E-state index in [1.54, 1.807) is 56.3 Å². The average Bonchev–Trinajstić information content (AvgIpc) is 3.50. The summed E-state index contributed by atoms with van der Waals surface area (Å²) >= 11 is 0.948. The van der Waals surface area contributed by atoms with Crippen LogP contribution < -0.4 is 19.1 Å². The number of carbonyl (C=O) groups is 3. The van der Waals surface area contributed by atoms with Gasteiger partial charge in [0.2, 0.25) is 0 Å². The van der Waals surface area contributed by atoms with Crippen molar-refractivity contribution in [3.63, 3.8) is 0 Å². The molecule has 1 saturated heterocycles. The summed E-state index contributed by atoms with van der Waals surface area (Å²) in [6, 6.07) is 10.7. The number of nitrogens with zero attached hydrogens (tertiary/aromatic N) is 2. The topological polar surface area (TPSA) is 124 Å². The summed E-state index contributed by atoms with van der Waals surface area (Å²) in [5.41, 5.74) is 1.06. The first kappa shape index (κ1) is 31.6. The summed E-state index contributed by atoms with van der Waals surface area (Å²) in [4.78, 5) is 45.8. The Bertz CT molecular complexity index is 1510. The first-order valence-electron chi connectivity index (χ1n) is 14.3. The van der Waals surface area contributed by atoms with Crippen LogP contribution >= 0.6 is 11.3 Å². The van der Waals surface area contributed by atoms with Gasteiger partial charge in [-0.1, -0.05) is 30.7 Å². The largest absolute Gasteiger partial charge is 0.507 e. The number of Topliss-reactive ketones (excluding diaryl/α,β-unsaturated/α-hetero) is 1. The third-order valence-corrected chi connectivity index (χ3v) is 7.81. The number of esters is 1. The van der Waals surface area contributed by atoms with Gasteiger partial charge in [-0.05, 0) is 76.1 Å². The Morgan fingerprint density at radius 2 is 1.67 bits per heavy atom. The highest BCUT2D eigenvalue weighted by Gasteiger charge is 2.48. The van der Waals surface area contributed by atoms with Crippen LogP contribution in [0, 0.1) is 6.92 Å². The van der Waals surface area contributed by atoms with Gasteiger partial charge in [-0.25, -0.2) is 9.78 Å². The zero-order chi connectivity index (χ0) is 31.1. The number of aryl methyl sites for hydroxylation is 1. The van der Waals surface area contributed by atoms with Crippen molar-refractivity contribution in [2.24, 2.45) is 0 Å². The van der Waals surface area contributed by atoms with Crippen molar-refractivity contribution in [3.8, 4) is 17.2 Å². The van der Waals surface area contributed by atoms with Gasteiger partial charge < -0.3 is 24.1 Å². The number of ether oxygens (including phenoxy) is 4. The number of carbonyl (C=O) groups excluding carboxylic acids is 3. The highest BCUT2D eigenvalue weighted by atomic mass is 32.1. The molecule has 1 aliphatic rings. The molecule has 1 atom stereocenters. The van der Waals surface area contributed by atoms with Crippen LogP contribution in [0.2, 0.25) is 0 Å². The average molecular weight is 609 g/mol. The molecule has 1 fully saturated rings. The molecule has 3 aromatic rings.